The van der Waals surface area contributed by atoms with Crippen LogP contribution in [0.3, 0.4) is 0 Å². The lowest BCUT2D eigenvalue weighted by atomic mass is 9.44. The number of unbranched alkanes of at least 4 members (excludes halogenated alkanes) is 13. The van der Waals surface area contributed by atoms with Gasteiger partial charge >= 0.3 is 8.56 Å². The van der Waals surface area contributed by atoms with Gasteiger partial charge in [0.2, 0.25) is 0 Å². The van der Waals surface area contributed by atoms with E-state index in [-0.39, 0.29) is 6.29 Å². The normalized spacial score (nSPS) is 30.3. The van der Waals surface area contributed by atoms with Crippen molar-refractivity contribution in [2.45, 2.75) is 246 Å². The number of methoxy groups -OCH3 is 1. The van der Waals surface area contributed by atoms with Crippen LogP contribution in [0.25, 0.3) is 0 Å². The standard InChI is InChI=1S/C53H103NO5Si/c1-9-11-13-15-17-24-41-57-51(59-60(7,8)58-42-25-18-16-14-12-10-2)28-20-19-21-37-54(38-22-23-40-55)39-26-27-44(3)48-31-32-49-47-30-29-45-43-46(56-6)33-35-52(45,4)50(47)34-36-53(48,49)5/h44-51,55H,9-43H2,1-8H3/t44-,45?,46-,47?,48?,49?,50?,51?,52+,53-/m1/s1. The van der Waals surface area contributed by atoms with E-state index in [1.807, 2.05) is 7.11 Å². The summed E-state index contributed by atoms with van der Waals surface area (Å²) >= 11 is 0. The summed E-state index contributed by atoms with van der Waals surface area (Å²) in [4.78, 5) is 2.74. The van der Waals surface area contributed by atoms with E-state index >= 15 is 0 Å². The Hall–Kier alpha value is -0.0231. The average molecular weight is 862 g/mol. The van der Waals surface area contributed by atoms with E-state index in [0.717, 1.165) is 93.8 Å². The zero-order valence-corrected chi connectivity index (χ0v) is 42.4. The summed E-state index contributed by atoms with van der Waals surface area (Å²) in [7, 11) is -0.318. The van der Waals surface area contributed by atoms with Crippen LogP contribution in [-0.4, -0.2) is 77.5 Å². The number of aliphatic hydroxyl groups is 1. The summed E-state index contributed by atoms with van der Waals surface area (Å²) < 4.78 is 25.5. The Kier molecular flexibility index (Phi) is 24.6. The van der Waals surface area contributed by atoms with Crippen molar-refractivity contribution in [3.63, 3.8) is 0 Å². The van der Waals surface area contributed by atoms with Gasteiger partial charge in [-0.2, -0.15) is 0 Å². The first-order valence-electron chi connectivity index (χ1n) is 26.8. The van der Waals surface area contributed by atoms with Gasteiger partial charge in [-0.25, -0.2) is 0 Å². The lowest BCUT2D eigenvalue weighted by Gasteiger charge is -2.61. The zero-order valence-electron chi connectivity index (χ0n) is 41.4. The minimum Gasteiger partial charge on any atom is -0.396 e. The summed E-state index contributed by atoms with van der Waals surface area (Å²) in [6.07, 6.45) is 37.8. The highest BCUT2D eigenvalue weighted by Crippen LogP contribution is 2.68. The number of fused-ring (bicyclic) bond motifs is 5. The molecule has 60 heavy (non-hydrogen) atoms. The van der Waals surface area contributed by atoms with Crippen molar-refractivity contribution < 1.29 is 23.4 Å². The van der Waals surface area contributed by atoms with Gasteiger partial charge in [-0.3, -0.25) is 0 Å². The molecule has 4 saturated carbocycles. The van der Waals surface area contributed by atoms with Crippen LogP contribution in [0.2, 0.25) is 13.1 Å². The maximum atomic E-state index is 9.58. The first-order chi connectivity index (χ1) is 29.0. The summed E-state index contributed by atoms with van der Waals surface area (Å²) in [5, 5.41) is 9.58. The van der Waals surface area contributed by atoms with Crippen molar-refractivity contribution in [3.8, 4) is 0 Å². The third kappa shape index (κ3) is 16.4. The molecule has 0 aromatic carbocycles. The van der Waals surface area contributed by atoms with Gasteiger partial charge in [0.15, 0.2) is 0 Å². The van der Waals surface area contributed by atoms with Gasteiger partial charge in [0.05, 0.1) is 6.10 Å². The molecule has 0 amide bonds. The van der Waals surface area contributed by atoms with Crippen LogP contribution in [0, 0.1) is 46.3 Å². The van der Waals surface area contributed by atoms with Crippen LogP contribution in [0.15, 0.2) is 0 Å². The van der Waals surface area contributed by atoms with Crippen LogP contribution in [0.5, 0.6) is 0 Å². The smallest absolute Gasteiger partial charge is 0.333 e. The molecule has 0 radical (unpaired) electrons. The second-order valence-electron chi connectivity index (χ2n) is 22.0. The Morgan fingerprint density at radius 1 is 0.650 bits per heavy atom. The van der Waals surface area contributed by atoms with Crippen molar-refractivity contribution in [3.05, 3.63) is 0 Å². The van der Waals surface area contributed by atoms with Crippen LogP contribution < -0.4 is 0 Å². The fraction of sp³-hybridized carbons (Fsp3) is 1.00. The van der Waals surface area contributed by atoms with E-state index in [1.165, 1.54) is 161 Å². The third-order valence-corrected chi connectivity index (χ3v) is 19.0. The summed E-state index contributed by atoms with van der Waals surface area (Å²) in [6.45, 7) is 22.5. The molecule has 0 spiro atoms. The second-order valence-corrected chi connectivity index (χ2v) is 25.3. The molecule has 0 aromatic rings. The predicted molar refractivity (Wildman–Crippen MR) is 257 cm³/mol. The SMILES string of the molecule is CCCCCCCCOC(CCCCCN(CCCCO)CCC[C@@H](C)C1CCC2C3CCC4C[C@H](OC)CC[C@]4(C)C3CC[C@@]21C)O[Si](C)(C)OCCCCCCCC. The molecule has 0 aromatic heterocycles. The van der Waals surface area contributed by atoms with Gasteiger partial charge in [0.1, 0.15) is 6.29 Å². The van der Waals surface area contributed by atoms with Crippen LogP contribution in [0.1, 0.15) is 221 Å². The van der Waals surface area contributed by atoms with E-state index < -0.39 is 8.56 Å². The Morgan fingerprint density at radius 2 is 1.27 bits per heavy atom. The van der Waals surface area contributed by atoms with E-state index in [4.69, 9.17) is 18.3 Å². The fourth-order valence-corrected chi connectivity index (χ4v) is 15.2. The summed E-state index contributed by atoms with van der Waals surface area (Å²) in [5.41, 5.74) is 1.10. The number of hydrogen-bond donors (Lipinski definition) is 1. The van der Waals surface area contributed by atoms with Crippen molar-refractivity contribution in [1.29, 1.82) is 0 Å². The molecule has 7 heteroatoms. The van der Waals surface area contributed by atoms with Gasteiger partial charge in [0, 0.05) is 26.9 Å². The second kappa shape index (κ2) is 28.1. The molecule has 0 aliphatic heterocycles. The molecule has 1 N–H and O–H groups in total. The summed E-state index contributed by atoms with van der Waals surface area (Å²) in [5.74, 6) is 5.47. The summed E-state index contributed by atoms with van der Waals surface area (Å²) in [6, 6.07) is 0. The van der Waals surface area contributed by atoms with E-state index in [9.17, 15) is 5.11 Å². The maximum absolute atomic E-state index is 9.58. The van der Waals surface area contributed by atoms with Gasteiger partial charge in [-0.05, 0) is 195 Å². The Morgan fingerprint density at radius 3 is 1.97 bits per heavy atom. The lowest BCUT2D eigenvalue weighted by Crippen LogP contribution is -2.54. The minimum atomic E-state index is -2.26. The quantitative estimate of drug-likeness (QED) is 0.0395. The van der Waals surface area contributed by atoms with Gasteiger partial charge in [-0.1, -0.05) is 105 Å². The molecule has 4 fully saturated rings. The monoisotopic (exact) mass is 862 g/mol. The Bertz CT molecular complexity index is 1110. The Balaban J connectivity index is 1.20. The number of aliphatic hydroxyl groups excluding tert-OH is 1. The maximum Gasteiger partial charge on any atom is 0.333 e. The Labute approximate surface area is 374 Å². The molecular weight excluding hydrogens is 759 g/mol. The molecule has 4 aliphatic carbocycles. The molecule has 4 rings (SSSR count). The average Bonchev–Trinajstić information content (AvgIpc) is 3.59. The highest BCUT2D eigenvalue weighted by molar-refractivity contribution is 6.64. The van der Waals surface area contributed by atoms with Gasteiger partial charge in [0.25, 0.3) is 0 Å². The molecule has 0 saturated heterocycles. The first-order valence-corrected chi connectivity index (χ1v) is 29.6. The van der Waals surface area contributed by atoms with Crippen LogP contribution in [-0.2, 0) is 18.3 Å². The van der Waals surface area contributed by atoms with Crippen LogP contribution in [0.4, 0.5) is 0 Å². The molecular formula is C53H103NO5Si. The largest absolute Gasteiger partial charge is 0.396 e. The van der Waals surface area contributed by atoms with E-state index in [2.05, 4.69) is 52.6 Å². The predicted octanol–water partition coefficient (Wildman–Crippen LogP) is 14.5. The molecule has 354 valence electrons. The number of nitrogens with zero attached hydrogens (tertiary/aromatic N) is 1. The highest BCUT2D eigenvalue weighted by Gasteiger charge is 2.60. The zero-order chi connectivity index (χ0) is 43.3. The molecule has 6 unspecified atom stereocenters. The number of rotatable bonds is 34. The fourth-order valence-electron chi connectivity index (χ4n) is 13.7. The number of ether oxygens (including phenoxy) is 2. The van der Waals surface area contributed by atoms with Crippen molar-refractivity contribution in [1.82, 2.24) is 4.90 Å². The lowest BCUT2D eigenvalue weighted by molar-refractivity contribution is -0.133. The first kappa shape index (κ1) is 52.6. The molecule has 6 nitrogen and oxygen atoms in total. The molecule has 4 aliphatic rings. The van der Waals surface area contributed by atoms with Crippen molar-refractivity contribution in [2.24, 2.45) is 46.3 Å². The van der Waals surface area contributed by atoms with Crippen LogP contribution >= 0.6 is 0 Å². The number of hydrogen-bond acceptors (Lipinski definition) is 6. The molecule has 10 atom stereocenters. The van der Waals surface area contributed by atoms with E-state index in [1.54, 1.807) is 0 Å². The third-order valence-electron chi connectivity index (χ3n) is 17.3. The van der Waals surface area contributed by atoms with E-state index in [0.29, 0.717) is 23.5 Å². The minimum absolute atomic E-state index is 0.143. The van der Waals surface area contributed by atoms with Crippen molar-refractivity contribution >= 4 is 8.56 Å². The van der Waals surface area contributed by atoms with Crippen molar-refractivity contribution in [2.75, 3.05) is 46.6 Å². The van der Waals surface area contributed by atoms with Gasteiger partial charge < -0.3 is 28.3 Å². The molecule has 0 heterocycles. The van der Waals surface area contributed by atoms with Gasteiger partial charge in [-0.15, -0.1) is 0 Å². The topological polar surface area (TPSA) is 60.4 Å². The molecule has 0 bridgehead atoms. The highest BCUT2D eigenvalue weighted by atomic mass is 28.4.